The lowest BCUT2D eigenvalue weighted by Gasteiger charge is -2.13. The molecule has 136 valence electrons. The summed E-state index contributed by atoms with van der Waals surface area (Å²) in [5.74, 6) is -1.65. The Hall–Kier alpha value is -2.98. The van der Waals surface area contributed by atoms with E-state index < -0.39 is 17.8 Å². The van der Waals surface area contributed by atoms with Crippen LogP contribution >= 0.6 is 11.6 Å². The van der Waals surface area contributed by atoms with Crippen LogP contribution in [-0.2, 0) is 11.2 Å². The lowest BCUT2D eigenvalue weighted by atomic mass is 10.0. The minimum absolute atomic E-state index is 0.00314. The van der Waals surface area contributed by atoms with Gasteiger partial charge < -0.3 is 5.11 Å². The van der Waals surface area contributed by atoms with E-state index in [-0.39, 0.29) is 11.4 Å². The van der Waals surface area contributed by atoms with Gasteiger partial charge in [-0.1, -0.05) is 78.3 Å². The molecule has 0 radical (unpaired) electrons. The molecule has 3 rings (SSSR count). The van der Waals surface area contributed by atoms with Gasteiger partial charge in [0.2, 0.25) is 0 Å². The lowest BCUT2D eigenvalue weighted by Crippen LogP contribution is -2.23. The molecule has 0 fully saturated rings. The summed E-state index contributed by atoms with van der Waals surface area (Å²) in [6.07, 6.45) is 0.0621. The molecular weight excluding hydrogens is 365 g/mol. The van der Waals surface area contributed by atoms with Crippen LogP contribution in [-0.4, -0.2) is 22.8 Å². The predicted molar refractivity (Wildman–Crippen MR) is 105 cm³/mol. The molecule has 0 aliphatic rings. The van der Waals surface area contributed by atoms with Crippen molar-refractivity contribution < 1.29 is 14.3 Å². The molecular formula is C22H17ClFNO2. The third-order valence-electron chi connectivity index (χ3n) is 4.08. The fourth-order valence-electron chi connectivity index (χ4n) is 2.74. The largest absolute Gasteiger partial charge is 0.480 e. The molecule has 1 N–H and O–H groups in total. The Bertz CT molecular complexity index is 917. The molecule has 0 bridgehead atoms. The first kappa shape index (κ1) is 18.8. The van der Waals surface area contributed by atoms with Gasteiger partial charge in [-0.3, -0.25) is 4.99 Å². The fourth-order valence-corrected chi connectivity index (χ4v) is 2.86. The van der Waals surface area contributed by atoms with Crippen molar-refractivity contribution in [2.75, 3.05) is 0 Å². The van der Waals surface area contributed by atoms with Crippen molar-refractivity contribution in [3.63, 3.8) is 0 Å². The molecule has 0 unspecified atom stereocenters. The number of aliphatic imine (C=N–C) groups is 1. The highest BCUT2D eigenvalue weighted by molar-refractivity contribution is 6.30. The van der Waals surface area contributed by atoms with Crippen molar-refractivity contribution in [1.29, 1.82) is 0 Å². The number of carboxylic acids is 1. The van der Waals surface area contributed by atoms with Gasteiger partial charge in [0, 0.05) is 17.5 Å². The highest BCUT2D eigenvalue weighted by Crippen LogP contribution is 2.19. The van der Waals surface area contributed by atoms with Gasteiger partial charge in [-0.2, -0.15) is 0 Å². The van der Waals surface area contributed by atoms with E-state index in [9.17, 15) is 14.3 Å². The molecule has 0 saturated heterocycles. The van der Waals surface area contributed by atoms with Crippen LogP contribution in [0.15, 0.2) is 83.9 Å². The molecule has 1 atom stereocenters. The highest BCUT2D eigenvalue weighted by Gasteiger charge is 2.20. The van der Waals surface area contributed by atoms with Crippen LogP contribution < -0.4 is 0 Å². The maximum absolute atomic E-state index is 13.7. The molecule has 3 aromatic carbocycles. The Kier molecular flexibility index (Phi) is 5.99. The first-order chi connectivity index (χ1) is 13.0. The second kappa shape index (κ2) is 8.60. The van der Waals surface area contributed by atoms with Gasteiger partial charge >= 0.3 is 5.97 Å². The van der Waals surface area contributed by atoms with E-state index >= 15 is 0 Å². The maximum atomic E-state index is 13.7. The topological polar surface area (TPSA) is 49.7 Å². The summed E-state index contributed by atoms with van der Waals surface area (Å²) in [6, 6.07) is 22.0. The number of carboxylic acid groups (broad SMARTS) is 1. The smallest absolute Gasteiger partial charge is 0.328 e. The molecule has 27 heavy (non-hydrogen) atoms. The van der Waals surface area contributed by atoms with Crippen LogP contribution in [0.25, 0.3) is 0 Å². The Morgan fingerprint density at radius 1 is 0.963 bits per heavy atom. The van der Waals surface area contributed by atoms with E-state index in [1.54, 1.807) is 6.07 Å². The van der Waals surface area contributed by atoms with Gasteiger partial charge in [-0.15, -0.1) is 0 Å². The first-order valence-corrected chi connectivity index (χ1v) is 8.78. The third kappa shape index (κ3) is 4.80. The van der Waals surface area contributed by atoms with Gasteiger partial charge in [0.1, 0.15) is 5.82 Å². The normalized spacial score (nSPS) is 11.6. The number of hydrogen-bond donors (Lipinski definition) is 1. The van der Waals surface area contributed by atoms with E-state index in [0.29, 0.717) is 11.3 Å². The Balaban J connectivity index is 2.02. The van der Waals surface area contributed by atoms with Crippen LogP contribution in [0.1, 0.15) is 16.7 Å². The van der Waals surface area contributed by atoms with E-state index in [0.717, 1.165) is 11.1 Å². The van der Waals surface area contributed by atoms with Gasteiger partial charge in [-0.05, 0) is 17.7 Å². The van der Waals surface area contributed by atoms with Gasteiger partial charge in [0.15, 0.2) is 6.04 Å². The van der Waals surface area contributed by atoms with Crippen molar-refractivity contribution in [3.8, 4) is 0 Å². The minimum atomic E-state index is -1.07. The van der Waals surface area contributed by atoms with Crippen molar-refractivity contribution in [1.82, 2.24) is 0 Å². The number of benzene rings is 3. The van der Waals surface area contributed by atoms with E-state index in [2.05, 4.69) is 4.99 Å². The molecule has 0 amide bonds. The second-order valence-electron chi connectivity index (χ2n) is 6.02. The lowest BCUT2D eigenvalue weighted by molar-refractivity contribution is -0.138. The zero-order valence-electron chi connectivity index (χ0n) is 14.3. The van der Waals surface area contributed by atoms with Gasteiger partial charge in [0.25, 0.3) is 0 Å². The summed E-state index contributed by atoms with van der Waals surface area (Å²) in [6.45, 7) is 0. The number of rotatable bonds is 6. The molecule has 0 heterocycles. The van der Waals surface area contributed by atoms with Gasteiger partial charge in [0.05, 0.1) is 10.7 Å². The van der Waals surface area contributed by atoms with Crippen LogP contribution in [0.2, 0.25) is 5.02 Å². The summed E-state index contributed by atoms with van der Waals surface area (Å²) in [5, 5.41) is 9.68. The molecule has 3 nitrogen and oxygen atoms in total. The monoisotopic (exact) mass is 381 g/mol. The first-order valence-electron chi connectivity index (χ1n) is 8.40. The minimum Gasteiger partial charge on any atom is -0.480 e. The number of aliphatic carboxylic acids is 1. The molecule has 0 aromatic heterocycles. The molecule has 3 aromatic rings. The van der Waals surface area contributed by atoms with Gasteiger partial charge in [-0.25, -0.2) is 9.18 Å². The Morgan fingerprint density at radius 3 is 2.00 bits per heavy atom. The molecule has 0 spiro atoms. The number of carbonyl (C=O) groups is 1. The van der Waals surface area contributed by atoms with Crippen LogP contribution in [0.4, 0.5) is 4.39 Å². The average molecular weight is 382 g/mol. The zero-order chi connectivity index (χ0) is 19.2. The molecule has 5 heteroatoms. The average Bonchev–Trinajstić information content (AvgIpc) is 2.69. The molecule has 0 saturated carbocycles. The Labute approximate surface area is 161 Å². The summed E-state index contributed by atoms with van der Waals surface area (Å²) in [7, 11) is 0. The number of halogens is 2. The standard InChI is InChI=1S/C22H17ClFNO2/c23-18-12-11-15(13-19(18)24)14-20(22(26)27)25-21(16-7-3-1-4-8-16)17-9-5-2-6-10-17/h1-13,20H,14H2,(H,26,27)/t20-/m0/s1. The maximum Gasteiger partial charge on any atom is 0.328 e. The number of nitrogens with zero attached hydrogens (tertiary/aromatic N) is 1. The molecule has 0 aliphatic heterocycles. The summed E-state index contributed by atoms with van der Waals surface area (Å²) in [5.41, 5.74) is 2.74. The number of hydrogen-bond acceptors (Lipinski definition) is 2. The van der Waals surface area contributed by atoms with E-state index in [4.69, 9.17) is 11.6 Å². The fraction of sp³-hybridized carbons (Fsp3) is 0.0909. The van der Waals surface area contributed by atoms with Crippen LogP contribution in [0.3, 0.4) is 0 Å². The summed E-state index contributed by atoms with van der Waals surface area (Å²) < 4.78 is 13.7. The summed E-state index contributed by atoms with van der Waals surface area (Å²) >= 11 is 5.71. The quantitative estimate of drug-likeness (QED) is 0.610. The Morgan fingerprint density at radius 2 is 1.52 bits per heavy atom. The molecule has 0 aliphatic carbocycles. The van der Waals surface area contributed by atoms with Crippen molar-refractivity contribution in [2.45, 2.75) is 12.5 Å². The predicted octanol–water partition coefficient (Wildman–Crippen LogP) is 5.01. The van der Waals surface area contributed by atoms with Crippen molar-refractivity contribution in [3.05, 3.63) is 106 Å². The second-order valence-corrected chi connectivity index (χ2v) is 6.42. The highest BCUT2D eigenvalue weighted by atomic mass is 35.5. The van der Waals surface area contributed by atoms with E-state index in [1.807, 2.05) is 60.7 Å². The SMILES string of the molecule is O=C(O)[C@H](Cc1ccc(Cl)c(F)c1)N=C(c1ccccc1)c1ccccc1. The van der Waals surface area contributed by atoms with Crippen molar-refractivity contribution in [2.24, 2.45) is 4.99 Å². The van der Waals surface area contributed by atoms with E-state index in [1.165, 1.54) is 12.1 Å². The summed E-state index contributed by atoms with van der Waals surface area (Å²) in [4.78, 5) is 16.4. The zero-order valence-corrected chi connectivity index (χ0v) is 15.1. The van der Waals surface area contributed by atoms with Crippen LogP contribution in [0, 0.1) is 5.82 Å². The van der Waals surface area contributed by atoms with Crippen LogP contribution in [0.5, 0.6) is 0 Å². The van der Waals surface area contributed by atoms with Crippen molar-refractivity contribution >= 4 is 23.3 Å². The third-order valence-corrected chi connectivity index (χ3v) is 4.38.